The highest BCUT2D eigenvalue weighted by atomic mass is 16.6. The van der Waals surface area contributed by atoms with Crippen molar-refractivity contribution in [2.45, 2.75) is 0 Å². The second-order valence-electron chi connectivity index (χ2n) is 5.76. The molecule has 3 aromatic rings. The Morgan fingerprint density at radius 1 is 1.18 bits per heavy atom. The van der Waals surface area contributed by atoms with Crippen LogP contribution in [0.15, 0.2) is 53.6 Å². The predicted molar refractivity (Wildman–Crippen MR) is 102 cm³/mol. The molecule has 0 aliphatic carbocycles. The molecule has 0 aliphatic rings. The maximum Gasteiger partial charge on any atom is 0.275 e. The van der Waals surface area contributed by atoms with E-state index in [1.165, 1.54) is 19.2 Å². The van der Waals surface area contributed by atoms with E-state index in [1.807, 2.05) is 6.07 Å². The van der Waals surface area contributed by atoms with Crippen molar-refractivity contribution in [1.82, 2.24) is 5.43 Å². The number of benzene rings is 3. The maximum absolute atomic E-state index is 12.3. The molecule has 28 heavy (non-hydrogen) atoms. The molecule has 3 aromatic carbocycles. The van der Waals surface area contributed by atoms with Crippen LogP contribution in [0, 0.1) is 10.1 Å². The Hall–Kier alpha value is -4.14. The molecule has 0 spiro atoms. The Morgan fingerprint density at radius 2 is 1.86 bits per heavy atom. The van der Waals surface area contributed by atoms with Crippen molar-refractivity contribution in [3.05, 3.63) is 69.8 Å². The number of ether oxygens (including phenoxy) is 1. The summed E-state index contributed by atoms with van der Waals surface area (Å²) >= 11 is 0. The van der Waals surface area contributed by atoms with Crippen LogP contribution in [0.25, 0.3) is 10.8 Å². The molecule has 0 saturated heterocycles. The van der Waals surface area contributed by atoms with Crippen molar-refractivity contribution in [1.29, 1.82) is 0 Å². The summed E-state index contributed by atoms with van der Waals surface area (Å²) in [4.78, 5) is 22.6. The zero-order valence-corrected chi connectivity index (χ0v) is 14.6. The highest BCUT2D eigenvalue weighted by Crippen LogP contribution is 2.33. The molecule has 0 heterocycles. The number of phenolic OH excluding ortho intramolecular Hbond substituents is 2. The van der Waals surface area contributed by atoms with Crippen molar-refractivity contribution in [3.63, 3.8) is 0 Å². The Labute approximate surface area is 158 Å². The van der Waals surface area contributed by atoms with Gasteiger partial charge in [0.05, 0.1) is 29.9 Å². The molecule has 142 valence electrons. The Bertz CT molecular complexity index is 1110. The minimum absolute atomic E-state index is 0.0108. The molecule has 3 rings (SSSR count). The van der Waals surface area contributed by atoms with Gasteiger partial charge in [0, 0.05) is 11.6 Å². The lowest BCUT2D eigenvalue weighted by molar-refractivity contribution is -0.385. The van der Waals surface area contributed by atoms with Gasteiger partial charge in [-0.2, -0.15) is 5.10 Å². The van der Waals surface area contributed by atoms with Crippen LogP contribution >= 0.6 is 0 Å². The van der Waals surface area contributed by atoms with E-state index in [9.17, 15) is 25.1 Å². The SMILES string of the molecule is COc1cc([N+](=O)[O-])cc(/C=N/NC(=O)c2cc3ccccc3cc2O)c1O. The first-order chi connectivity index (χ1) is 13.4. The van der Waals surface area contributed by atoms with Crippen molar-refractivity contribution in [2.75, 3.05) is 7.11 Å². The monoisotopic (exact) mass is 381 g/mol. The summed E-state index contributed by atoms with van der Waals surface area (Å²) in [6, 6.07) is 12.3. The summed E-state index contributed by atoms with van der Waals surface area (Å²) in [5, 5.41) is 36.3. The van der Waals surface area contributed by atoms with Crippen LogP contribution in [0.4, 0.5) is 5.69 Å². The fraction of sp³-hybridized carbons (Fsp3) is 0.0526. The number of hydrazone groups is 1. The first-order valence-corrected chi connectivity index (χ1v) is 8.01. The van der Waals surface area contributed by atoms with Gasteiger partial charge in [0.25, 0.3) is 11.6 Å². The molecule has 0 unspecified atom stereocenters. The minimum atomic E-state index is -0.684. The van der Waals surface area contributed by atoms with Gasteiger partial charge in [-0.05, 0) is 22.9 Å². The van der Waals surface area contributed by atoms with E-state index in [4.69, 9.17) is 4.74 Å². The fourth-order valence-corrected chi connectivity index (χ4v) is 2.60. The van der Waals surface area contributed by atoms with Gasteiger partial charge in [0.1, 0.15) is 5.75 Å². The van der Waals surface area contributed by atoms with Crippen LogP contribution in [0.5, 0.6) is 17.2 Å². The number of nitro benzene ring substituents is 1. The molecule has 0 aromatic heterocycles. The topological polar surface area (TPSA) is 134 Å². The van der Waals surface area contributed by atoms with Gasteiger partial charge in [-0.15, -0.1) is 0 Å². The number of fused-ring (bicyclic) bond motifs is 1. The van der Waals surface area contributed by atoms with E-state index in [1.54, 1.807) is 18.2 Å². The summed E-state index contributed by atoms with van der Waals surface area (Å²) in [6.45, 7) is 0. The molecule has 1 amide bonds. The maximum atomic E-state index is 12.3. The normalized spacial score (nSPS) is 10.9. The molecule has 0 bridgehead atoms. The minimum Gasteiger partial charge on any atom is -0.507 e. The number of methoxy groups -OCH3 is 1. The van der Waals surface area contributed by atoms with Crippen LogP contribution in [-0.4, -0.2) is 34.4 Å². The van der Waals surface area contributed by atoms with Crippen LogP contribution in [0.2, 0.25) is 0 Å². The lowest BCUT2D eigenvalue weighted by Crippen LogP contribution is -2.17. The van der Waals surface area contributed by atoms with Gasteiger partial charge in [-0.3, -0.25) is 14.9 Å². The van der Waals surface area contributed by atoms with Crippen LogP contribution in [0.1, 0.15) is 15.9 Å². The van der Waals surface area contributed by atoms with E-state index >= 15 is 0 Å². The highest BCUT2D eigenvalue weighted by Gasteiger charge is 2.16. The van der Waals surface area contributed by atoms with Crippen LogP contribution in [0.3, 0.4) is 0 Å². The molecule has 0 atom stereocenters. The average molecular weight is 381 g/mol. The van der Waals surface area contributed by atoms with E-state index in [2.05, 4.69) is 10.5 Å². The van der Waals surface area contributed by atoms with Gasteiger partial charge in [0.2, 0.25) is 0 Å². The van der Waals surface area contributed by atoms with E-state index < -0.39 is 10.8 Å². The number of hydrogen-bond donors (Lipinski definition) is 3. The number of nitrogens with zero attached hydrogens (tertiary/aromatic N) is 2. The predicted octanol–water partition coefficient (Wildman–Crippen LogP) is 2.93. The molecule has 0 radical (unpaired) electrons. The van der Waals surface area contributed by atoms with Crippen molar-refractivity contribution >= 4 is 28.6 Å². The molecule has 0 aliphatic heterocycles. The quantitative estimate of drug-likeness (QED) is 0.353. The lowest BCUT2D eigenvalue weighted by Gasteiger charge is -2.07. The molecule has 9 nitrogen and oxygen atoms in total. The van der Waals surface area contributed by atoms with Crippen molar-refractivity contribution in [3.8, 4) is 17.2 Å². The van der Waals surface area contributed by atoms with Gasteiger partial charge in [-0.25, -0.2) is 5.43 Å². The highest BCUT2D eigenvalue weighted by molar-refractivity contribution is 6.01. The molecule has 0 saturated carbocycles. The second kappa shape index (κ2) is 7.62. The third kappa shape index (κ3) is 3.68. The van der Waals surface area contributed by atoms with Gasteiger partial charge < -0.3 is 14.9 Å². The number of aromatic hydroxyl groups is 2. The Kier molecular flexibility index (Phi) is 5.07. The second-order valence-corrected chi connectivity index (χ2v) is 5.76. The van der Waals surface area contributed by atoms with Gasteiger partial charge >= 0.3 is 0 Å². The number of carbonyl (C=O) groups excluding carboxylic acids is 1. The molecular formula is C19H15N3O6. The van der Waals surface area contributed by atoms with Crippen molar-refractivity contribution < 1.29 is 24.7 Å². The molecule has 3 N–H and O–H groups in total. The average Bonchev–Trinajstić information content (AvgIpc) is 2.68. The number of hydrogen-bond acceptors (Lipinski definition) is 7. The summed E-state index contributed by atoms with van der Waals surface area (Å²) in [5.74, 6) is -1.36. The fourth-order valence-electron chi connectivity index (χ4n) is 2.60. The molecular weight excluding hydrogens is 366 g/mol. The standard InChI is InChI=1S/C19H15N3O6/c1-28-17-9-14(22(26)27)6-13(18(17)24)10-20-21-19(25)15-7-11-4-2-3-5-12(11)8-16(15)23/h2-10,23-24H,1H3,(H,21,25)/b20-10+. The number of nitrogens with one attached hydrogen (secondary N) is 1. The number of nitro groups is 1. The largest absolute Gasteiger partial charge is 0.507 e. The van der Waals surface area contributed by atoms with Crippen molar-refractivity contribution in [2.24, 2.45) is 5.10 Å². The zero-order chi connectivity index (χ0) is 20.3. The summed E-state index contributed by atoms with van der Waals surface area (Å²) in [6.07, 6.45) is 1.04. The van der Waals surface area contributed by atoms with E-state index in [0.29, 0.717) is 0 Å². The van der Waals surface area contributed by atoms with E-state index in [0.717, 1.165) is 29.1 Å². The summed E-state index contributed by atoms with van der Waals surface area (Å²) < 4.78 is 4.89. The van der Waals surface area contributed by atoms with E-state index in [-0.39, 0.29) is 34.1 Å². The number of carbonyl (C=O) groups is 1. The number of phenols is 2. The summed E-state index contributed by atoms with van der Waals surface area (Å²) in [7, 11) is 1.25. The number of rotatable bonds is 5. The van der Waals surface area contributed by atoms with Crippen LogP contribution in [-0.2, 0) is 0 Å². The molecule has 0 fully saturated rings. The number of amides is 1. The smallest absolute Gasteiger partial charge is 0.275 e. The first kappa shape index (κ1) is 18.6. The lowest BCUT2D eigenvalue weighted by atomic mass is 10.1. The van der Waals surface area contributed by atoms with Gasteiger partial charge in [0.15, 0.2) is 11.5 Å². The van der Waals surface area contributed by atoms with Crippen LogP contribution < -0.4 is 10.2 Å². The Balaban J connectivity index is 1.85. The first-order valence-electron chi connectivity index (χ1n) is 8.01. The Morgan fingerprint density at radius 3 is 2.50 bits per heavy atom. The zero-order valence-electron chi connectivity index (χ0n) is 14.6. The summed E-state index contributed by atoms with van der Waals surface area (Å²) in [5.41, 5.74) is 1.90. The third-order valence-corrected chi connectivity index (χ3v) is 4.00. The molecule has 9 heteroatoms. The third-order valence-electron chi connectivity index (χ3n) is 4.00. The number of non-ortho nitro benzene ring substituents is 1. The van der Waals surface area contributed by atoms with Gasteiger partial charge in [-0.1, -0.05) is 24.3 Å².